The van der Waals surface area contributed by atoms with Gasteiger partial charge in [0, 0.05) is 53.6 Å². The molecule has 4 heterocycles. The number of hydrogen-bond acceptors (Lipinski definition) is 9. The van der Waals surface area contributed by atoms with E-state index in [9.17, 15) is 22.7 Å². The minimum atomic E-state index is -4.13. The Labute approximate surface area is 289 Å². The highest BCUT2D eigenvalue weighted by Crippen LogP contribution is 2.46. The Balaban J connectivity index is 1.26. The van der Waals surface area contributed by atoms with Gasteiger partial charge in [-0.2, -0.15) is 0 Å². The van der Waals surface area contributed by atoms with Crippen molar-refractivity contribution in [3.05, 3.63) is 84.4 Å². The van der Waals surface area contributed by atoms with Crippen LogP contribution in [0.1, 0.15) is 31.2 Å². The number of morpholine rings is 1. The Kier molecular flexibility index (Phi) is 8.26. The topological polar surface area (TPSA) is 140 Å². The van der Waals surface area contributed by atoms with E-state index >= 15 is 0 Å². The van der Waals surface area contributed by atoms with Gasteiger partial charge in [0.1, 0.15) is 11.6 Å². The lowest BCUT2D eigenvalue weighted by molar-refractivity contribution is -0.148. The molecule has 2 N–H and O–H groups in total. The number of nitrogens with one attached hydrogen (secondary N) is 1. The van der Waals surface area contributed by atoms with Crippen molar-refractivity contribution in [3.8, 4) is 22.6 Å². The maximum Gasteiger partial charge on any atom is 0.308 e. The second-order valence-corrected chi connectivity index (χ2v) is 15.3. The Morgan fingerprint density at radius 2 is 1.66 bits per heavy atom. The van der Waals surface area contributed by atoms with Crippen LogP contribution in [0.5, 0.6) is 0 Å². The Bertz CT molecular complexity index is 2180. The molecule has 0 radical (unpaired) electrons. The summed E-state index contributed by atoms with van der Waals surface area (Å²) in [7, 11) is -4.13. The summed E-state index contributed by atoms with van der Waals surface area (Å²) < 4.78 is 49.2. The summed E-state index contributed by atoms with van der Waals surface area (Å²) in [6.45, 7) is 4.77. The quantitative estimate of drug-likeness (QED) is 0.199. The number of hydrogen-bond donors (Lipinski definition) is 2. The molecule has 11 nitrogen and oxygen atoms in total. The molecular weight excluding hydrogens is 660 g/mol. The molecule has 0 spiro atoms. The van der Waals surface area contributed by atoms with Crippen molar-refractivity contribution in [1.29, 1.82) is 0 Å². The molecule has 13 heteroatoms. The third-order valence-electron chi connectivity index (χ3n) is 10.5. The van der Waals surface area contributed by atoms with Crippen molar-refractivity contribution >= 4 is 38.5 Å². The second kappa shape index (κ2) is 12.8. The summed E-state index contributed by atoms with van der Waals surface area (Å²) in [4.78, 5) is 28.8. The SMILES string of the molecule is Cc1ccc(S(=O)(=O)n2cc(-c3nc(NC4C5CCC(CC5)C4C(=O)O)cc(-c4ccc(N5CCOCC5)cc4)n3)c3cc(F)cnc32)cc1. The van der Waals surface area contributed by atoms with Crippen LogP contribution in [-0.4, -0.2) is 70.8 Å². The Morgan fingerprint density at radius 3 is 2.36 bits per heavy atom. The van der Waals surface area contributed by atoms with Gasteiger partial charge in [-0.05, 0) is 74.8 Å². The summed E-state index contributed by atoms with van der Waals surface area (Å²) in [5.74, 6) is -1.19. The number of carboxylic acid groups (broad SMARTS) is 1. The number of aryl methyl sites for hydroxylation is 1. The average molecular weight is 697 g/mol. The summed E-state index contributed by atoms with van der Waals surface area (Å²) in [6.07, 6.45) is 6.04. The fourth-order valence-corrected chi connectivity index (χ4v) is 9.20. The lowest BCUT2D eigenvalue weighted by Crippen LogP contribution is -2.51. The van der Waals surface area contributed by atoms with Gasteiger partial charge in [-0.25, -0.2) is 31.7 Å². The van der Waals surface area contributed by atoms with Gasteiger partial charge in [-0.15, -0.1) is 0 Å². The standard InChI is InChI=1S/C37H37FN6O5S/c1-22-2-12-28(13-3-22)50(47,48)44-21-30(29-18-26(38)20-39-36(29)44)35-40-31(23-8-10-27(11-9-23)43-14-16-49-17-15-43)19-32(42-35)41-34-25-6-4-24(5-7-25)33(34)37(45)46/h2-3,8-13,18-21,24-25,33-34H,4-7,14-17H2,1H3,(H,45,46)(H,40,41,42). The molecule has 2 aromatic carbocycles. The first-order valence-corrected chi connectivity index (χ1v) is 18.4. The second-order valence-electron chi connectivity index (χ2n) is 13.5. The minimum absolute atomic E-state index is 0.0379. The molecule has 2 bridgehead atoms. The molecule has 1 aliphatic heterocycles. The summed E-state index contributed by atoms with van der Waals surface area (Å²) in [6, 6.07) is 17.2. The normalized spacial score (nSPS) is 22.2. The molecule has 1 saturated heterocycles. The summed E-state index contributed by atoms with van der Waals surface area (Å²) >= 11 is 0. The van der Waals surface area contributed by atoms with Crippen molar-refractivity contribution in [1.82, 2.24) is 18.9 Å². The number of fused-ring (bicyclic) bond motifs is 4. The minimum Gasteiger partial charge on any atom is -0.481 e. The van der Waals surface area contributed by atoms with Crippen LogP contribution in [-0.2, 0) is 19.6 Å². The van der Waals surface area contributed by atoms with E-state index < -0.39 is 27.7 Å². The van der Waals surface area contributed by atoms with Crippen LogP contribution in [0.3, 0.4) is 0 Å². The average Bonchev–Trinajstić information content (AvgIpc) is 3.52. The van der Waals surface area contributed by atoms with Gasteiger partial charge in [0.15, 0.2) is 11.5 Å². The number of aliphatic carboxylic acids is 1. The maximum absolute atomic E-state index is 14.8. The van der Waals surface area contributed by atoms with Crippen LogP contribution in [0.25, 0.3) is 33.7 Å². The monoisotopic (exact) mass is 696 g/mol. The maximum atomic E-state index is 14.8. The summed E-state index contributed by atoms with van der Waals surface area (Å²) in [5.41, 5.74) is 3.60. The van der Waals surface area contributed by atoms with Crippen molar-refractivity contribution in [2.75, 3.05) is 36.5 Å². The van der Waals surface area contributed by atoms with E-state index in [-0.39, 0.29) is 45.2 Å². The first-order valence-electron chi connectivity index (χ1n) is 17.0. The van der Waals surface area contributed by atoms with E-state index in [2.05, 4.69) is 15.2 Å². The molecule has 2 unspecified atom stereocenters. The van der Waals surface area contributed by atoms with Crippen LogP contribution in [0.4, 0.5) is 15.9 Å². The van der Waals surface area contributed by atoms with Crippen molar-refractivity contribution in [2.45, 2.75) is 43.5 Å². The van der Waals surface area contributed by atoms with Gasteiger partial charge < -0.3 is 20.1 Å². The number of rotatable bonds is 8. The zero-order valence-electron chi connectivity index (χ0n) is 27.5. The third-order valence-corrected chi connectivity index (χ3v) is 12.1. The zero-order valence-corrected chi connectivity index (χ0v) is 28.3. The van der Waals surface area contributed by atoms with Crippen LogP contribution in [0.15, 0.2) is 78.0 Å². The van der Waals surface area contributed by atoms with E-state index in [1.807, 2.05) is 31.2 Å². The van der Waals surface area contributed by atoms with E-state index in [1.165, 1.54) is 24.4 Å². The number of carboxylic acids is 1. The van der Waals surface area contributed by atoms with Crippen LogP contribution < -0.4 is 10.2 Å². The predicted molar refractivity (Wildman–Crippen MR) is 187 cm³/mol. The lowest BCUT2D eigenvalue weighted by Gasteiger charge is -2.47. The molecule has 50 heavy (non-hydrogen) atoms. The number of nitrogens with zero attached hydrogens (tertiary/aromatic N) is 5. The highest BCUT2D eigenvalue weighted by Gasteiger charge is 2.47. The van der Waals surface area contributed by atoms with Crippen molar-refractivity contribution < 1.29 is 27.4 Å². The lowest BCUT2D eigenvalue weighted by atomic mass is 9.61. The van der Waals surface area contributed by atoms with Gasteiger partial charge >= 0.3 is 5.97 Å². The predicted octanol–water partition coefficient (Wildman–Crippen LogP) is 5.98. The van der Waals surface area contributed by atoms with Crippen LogP contribution in [0.2, 0.25) is 0 Å². The van der Waals surface area contributed by atoms with Gasteiger partial charge in [0.2, 0.25) is 0 Å². The van der Waals surface area contributed by atoms with Crippen LogP contribution in [0, 0.1) is 30.5 Å². The number of pyridine rings is 1. The molecule has 9 rings (SSSR count). The highest BCUT2D eigenvalue weighted by molar-refractivity contribution is 7.90. The van der Waals surface area contributed by atoms with Gasteiger partial charge in [-0.3, -0.25) is 4.79 Å². The highest BCUT2D eigenvalue weighted by atomic mass is 32.2. The first-order chi connectivity index (χ1) is 24.2. The van der Waals surface area contributed by atoms with Crippen molar-refractivity contribution in [3.63, 3.8) is 0 Å². The number of aromatic nitrogens is 4. The molecule has 4 fully saturated rings. The fourth-order valence-electron chi connectivity index (χ4n) is 7.88. The van der Waals surface area contributed by atoms with E-state index in [4.69, 9.17) is 14.7 Å². The molecule has 3 aromatic heterocycles. The molecule has 4 aliphatic rings. The molecule has 2 atom stereocenters. The number of halogens is 1. The third kappa shape index (κ3) is 5.87. The molecule has 5 aromatic rings. The first kappa shape index (κ1) is 32.3. The van der Waals surface area contributed by atoms with Crippen molar-refractivity contribution in [2.24, 2.45) is 17.8 Å². The smallest absolute Gasteiger partial charge is 0.308 e. The molecular formula is C37H37FN6O5S. The molecule has 3 aliphatic carbocycles. The largest absolute Gasteiger partial charge is 0.481 e. The number of benzene rings is 2. The number of carbonyl (C=O) groups is 1. The van der Waals surface area contributed by atoms with Gasteiger partial charge in [0.25, 0.3) is 10.0 Å². The Morgan fingerprint density at radius 1 is 0.960 bits per heavy atom. The van der Waals surface area contributed by atoms with E-state index in [0.717, 1.165) is 65.8 Å². The number of ether oxygens (including phenoxy) is 1. The Hall–Kier alpha value is -4.88. The van der Waals surface area contributed by atoms with Gasteiger partial charge in [-0.1, -0.05) is 29.8 Å². The van der Waals surface area contributed by atoms with Gasteiger partial charge in [0.05, 0.1) is 35.9 Å². The van der Waals surface area contributed by atoms with Crippen LogP contribution >= 0.6 is 0 Å². The van der Waals surface area contributed by atoms with E-state index in [0.29, 0.717) is 24.7 Å². The summed E-state index contributed by atoms with van der Waals surface area (Å²) in [5, 5.41) is 14.0. The molecule has 258 valence electrons. The number of anilines is 2. The molecule has 3 saturated carbocycles. The zero-order chi connectivity index (χ0) is 34.6. The van der Waals surface area contributed by atoms with E-state index in [1.54, 1.807) is 18.2 Å². The fraction of sp³-hybridized carbons (Fsp3) is 0.351. The molecule has 0 amide bonds.